The van der Waals surface area contributed by atoms with Crippen LogP contribution in [-0.2, 0) is 4.79 Å². The summed E-state index contributed by atoms with van der Waals surface area (Å²) in [6, 6.07) is 11.1. The molecule has 0 spiro atoms. The molecule has 2 atom stereocenters. The molecule has 2 amide bonds. The van der Waals surface area contributed by atoms with Gasteiger partial charge in [0.1, 0.15) is 0 Å². The predicted octanol–water partition coefficient (Wildman–Crippen LogP) is 2.94. The van der Waals surface area contributed by atoms with Crippen LogP contribution >= 0.6 is 0 Å². The van der Waals surface area contributed by atoms with E-state index in [1.54, 1.807) is 12.1 Å². The number of nitrogens with zero attached hydrogens (tertiary/aromatic N) is 1. The molecule has 1 N–H and O–H groups in total. The van der Waals surface area contributed by atoms with Crippen LogP contribution in [0.1, 0.15) is 40.0 Å². The van der Waals surface area contributed by atoms with Crippen molar-refractivity contribution in [1.82, 2.24) is 4.90 Å². The Morgan fingerprint density at radius 2 is 1.62 bits per heavy atom. The van der Waals surface area contributed by atoms with Crippen molar-refractivity contribution in [3.05, 3.63) is 47.5 Å². The molecule has 24 heavy (non-hydrogen) atoms. The van der Waals surface area contributed by atoms with Crippen LogP contribution in [-0.4, -0.2) is 34.3 Å². The second-order valence-electron chi connectivity index (χ2n) is 6.60. The van der Waals surface area contributed by atoms with Gasteiger partial charge in [0.05, 0.1) is 17.0 Å². The highest BCUT2D eigenvalue weighted by atomic mass is 16.4. The molecule has 1 fully saturated rings. The fourth-order valence-corrected chi connectivity index (χ4v) is 3.96. The molecule has 0 radical (unpaired) electrons. The molecule has 0 aromatic heterocycles. The smallest absolute Gasteiger partial charge is 0.306 e. The van der Waals surface area contributed by atoms with E-state index in [-0.39, 0.29) is 24.3 Å². The van der Waals surface area contributed by atoms with Gasteiger partial charge in [-0.25, -0.2) is 0 Å². The summed E-state index contributed by atoms with van der Waals surface area (Å²) in [5, 5.41) is 11.1. The maximum absolute atomic E-state index is 12.7. The quantitative estimate of drug-likeness (QED) is 0.881. The Bertz CT molecular complexity index is 818. The minimum atomic E-state index is -0.833. The first-order chi connectivity index (χ1) is 11.6. The van der Waals surface area contributed by atoms with Crippen molar-refractivity contribution in [1.29, 1.82) is 0 Å². The number of carboxylic acids is 1. The van der Waals surface area contributed by atoms with Crippen molar-refractivity contribution in [2.45, 2.75) is 19.3 Å². The monoisotopic (exact) mass is 323 g/mol. The maximum atomic E-state index is 12.7. The fraction of sp³-hybridized carbons (Fsp3) is 0.316. The van der Waals surface area contributed by atoms with Crippen molar-refractivity contribution in [3.8, 4) is 0 Å². The van der Waals surface area contributed by atoms with Gasteiger partial charge in [0, 0.05) is 6.54 Å². The van der Waals surface area contributed by atoms with E-state index in [9.17, 15) is 19.5 Å². The molecule has 5 heteroatoms. The van der Waals surface area contributed by atoms with Crippen molar-refractivity contribution < 1.29 is 19.5 Å². The summed E-state index contributed by atoms with van der Waals surface area (Å²) >= 11 is 0. The number of hydrogen-bond acceptors (Lipinski definition) is 3. The number of amides is 2. The summed E-state index contributed by atoms with van der Waals surface area (Å²) in [6.45, 7) is 0.194. The van der Waals surface area contributed by atoms with E-state index in [0.717, 1.165) is 23.6 Å². The Balaban J connectivity index is 1.67. The molecule has 5 nitrogen and oxygen atoms in total. The maximum Gasteiger partial charge on any atom is 0.306 e. The van der Waals surface area contributed by atoms with E-state index in [4.69, 9.17) is 0 Å². The SMILES string of the molecule is O=C(O)C1CCC[C@H]1CN1C(=O)c2cc3ccccc3cc2C1=O. The number of aliphatic carboxylic acids is 1. The molecule has 1 heterocycles. The zero-order valence-electron chi connectivity index (χ0n) is 13.1. The molecule has 2 aromatic rings. The largest absolute Gasteiger partial charge is 0.481 e. The first-order valence-electron chi connectivity index (χ1n) is 8.18. The summed E-state index contributed by atoms with van der Waals surface area (Å²) < 4.78 is 0. The van der Waals surface area contributed by atoms with Crippen molar-refractivity contribution in [3.63, 3.8) is 0 Å². The molecule has 1 aliphatic heterocycles. The first-order valence-corrected chi connectivity index (χ1v) is 8.18. The van der Waals surface area contributed by atoms with Crippen molar-refractivity contribution in [2.24, 2.45) is 11.8 Å². The van der Waals surface area contributed by atoms with E-state index < -0.39 is 11.9 Å². The Kier molecular flexibility index (Phi) is 3.37. The van der Waals surface area contributed by atoms with Crippen LogP contribution in [0, 0.1) is 11.8 Å². The Labute approximate surface area is 138 Å². The van der Waals surface area contributed by atoms with E-state index in [1.165, 1.54) is 4.90 Å². The number of imide groups is 1. The minimum absolute atomic E-state index is 0.154. The second kappa shape index (κ2) is 5.44. The lowest BCUT2D eigenvalue weighted by Gasteiger charge is -2.21. The molecule has 0 saturated heterocycles. The van der Waals surface area contributed by atoms with Gasteiger partial charge in [-0.1, -0.05) is 30.7 Å². The molecule has 1 saturated carbocycles. The van der Waals surface area contributed by atoms with Gasteiger partial charge in [-0.05, 0) is 41.7 Å². The molecular formula is C19H17NO4. The highest BCUT2D eigenvalue weighted by Gasteiger charge is 2.41. The Hall–Kier alpha value is -2.69. The summed E-state index contributed by atoms with van der Waals surface area (Å²) in [5.74, 6) is -2.07. The van der Waals surface area contributed by atoms with Gasteiger partial charge in [0.25, 0.3) is 11.8 Å². The van der Waals surface area contributed by atoms with Crippen molar-refractivity contribution in [2.75, 3.05) is 6.54 Å². The highest BCUT2D eigenvalue weighted by molar-refractivity contribution is 6.23. The van der Waals surface area contributed by atoms with Crippen LogP contribution in [0.25, 0.3) is 10.8 Å². The zero-order valence-corrected chi connectivity index (χ0v) is 13.1. The summed E-state index contributed by atoms with van der Waals surface area (Å²) in [7, 11) is 0. The normalized spacial score (nSPS) is 23.1. The van der Waals surface area contributed by atoms with Crippen LogP contribution < -0.4 is 0 Å². The van der Waals surface area contributed by atoms with Gasteiger partial charge in [0.15, 0.2) is 0 Å². The number of carbonyl (C=O) groups is 3. The van der Waals surface area contributed by atoms with E-state index in [1.807, 2.05) is 24.3 Å². The number of rotatable bonds is 3. The molecule has 4 rings (SSSR count). The molecule has 2 aromatic carbocycles. The first kappa shape index (κ1) is 14.9. The number of benzene rings is 2. The molecule has 1 aliphatic carbocycles. The van der Waals surface area contributed by atoms with E-state index >= 15 is 0 Å². The number of fused-ring (bicyclic) bond motifs is 2. The number of carbonyl (C=O) groups excluding carboxylic acids is 2. The van der Waals surface area contributed by atoms with Gasteiger partial charge in [-0.2, -0.15) is 0 Å². The summed E-state index contributed by atoms with van der Waals surface area (Å²) in [5.41, 5.74) is 0.840. The average molecular weight is 323 g/mol. The lowest BCUT2D eigenvalue weighted by Crippen LogP contribution is -2.37. The lowest BCUT2D eigenvalue weighted by atomic mass is 9.95. The van der Waals surface area contributed by atoms with Gasteiger partial charge < -0.3 is 5.11 Å². The third kappa shape index (κ3) is 2.19. The van der Waals surface area contributed by atoms with Crippen LogP contribution in [0.5, 0.6) is 0 Å². The second-order valence-corrected chi connectivity index (χ2v) is 6.60. The molecule has 1 unspecified atom stereocenters. The van der Waals surface area contributed by atoms with Gasteiger partial charge in [0.2, 0.25) is 0 Å². The van der Waals surface area contributed by atoms with E-state index in [0.29, 0.717) is 17.5 Å². The molecule has 122 valence electrons. The topological polar surface area (TPSA) is 74.7 Å². The Morgan fingerprint density at radius 1 is 1.04 bits per heavy atom. The van der Waals surface area contributed by atoms with Gasteiger partial charge in [-0.15, -0.1) is 0 Å². The number of carboxylic acid groups (broad SMARTS) is 1. The molecular weight excluding hydrogens is 306 g/mol. The lowest BCUT2D eigenvalue weighted by molar-refractivity contribution is -0.143. The summed E-state index contributed by atoms with van der Waals surface area (Å²) in [6.07, 6.45) is 2.19. The number of hydrogen-bond donors (Lipinski definition) is 1. The zero-order chi connectivity index (χ0) is 16.8. The highest BCUT2D eigenvalue weighted by Crippen LogP contribution is 2.35. The molecule has 0 bridgehead atoms. The standard InChI is InChI=1S/C19H17NO4/c21-17-15-8-11-4-1-2-5-12(11)9-16(15)18(22)20(17)10-13-6-3-7-14(13)19(23)24/h1-2,4-5,8-9,13-14H,3,6-7,10H2,(H,23,24)/t13-,14?/m0/s1. The van der Waals surface area contributed by atoms with E-state index in [2.05, 4.69) is 0 Å². The van der Waals surface area contributed by atoms with Crippen molar-refractivity contribution >= 4 is 28.6 Å². The average Bonchev–Trinajstić information content (AvgIpc) is 3.13. The predicted molar refractivity (Wildman–Crippen MR) is 87.8 cm³/mol. The minimum Gasteiger partial charge on any atom is -0.481 e. The molecule has 2 aliphatic rings. The fourth-order valence-electron chi connectivity index (χ4n) is 3.96. The third-order valence-corrected chi connectivity index (χ3v) is 5.23. The Morgan fingerprint density at radius 3 is 2.17 bits per heavy atom. The van der Waals surface area contributed by atoms with Crippen LogP contribution in [0.4, 0.5) is 0 Å². The summed E-state index contributed by atoms with van der Waals surface area (Å²) in [4.78, 5) is 37.9. The van der Waals surface area contributed by atoms with Crippen LogP contribution in [0.3, 0.4) is 0 Å². The third-order valence-electron chi connectivity index (χ3n) is 5.23. The van der Waals surface area contributed by atoms with Gasteiger partial charge in [-0.3, -0.25) is 19.3 Å². The van der Waals surface area contributed by atoms with Crippen LogP contribution in [0.15, 0.2) is 36.4 Å². The van der Waals surface area contributed by atoms with Crippen LogP contribution in [0.2, 0.25) is 0 Å². The van der Waals surface area contributed by atoms with Gasteiger partial charge >= 0.3 is 5.97 Å².